The largest absolute Gasteiger partial charge is 0.312 e. The maximum Gasteiger partial charge on any atom is 0.0420 e. The molecule has 0 spiro atoms. The molecule has 2 heteroatoms. The summed E-state index contributed by atoms with van der Waals surface area (Å²) in [5, 5.41) is 5.89. The van der Waals surface area contributed by atoms with Crippen molar-refractivity contribution in [2.45, 2.75) is 57.9 Å². The fourth-order valence-electron chi connectivity index (χ4n) is 6.04. The smallest absolute Gasteiger partial charge is 0.0420 e. The lowest BCUT2D eigenvalue weighted by Crippen LogP contribution is -2.47. The van der Waals surface area contributed by atoms with Gasteiger partial charge in [0.25, 0.3) is 0 Å². The van der Waals surface area contributed by atoms with E-state index in [1.807, 2.05) is 11.3 Å². The molecule has 4 fully saturated rings. The van der Waals surface area contributed by atoms with Crippen LogP contribution in [0.25, 0.3) is 0 Å². The highest BCUT2D eigenvalue weighted by atomic mass is 32.1. The van der Waals surface area contributed by atoms with Crippen molar-refractivity contribution in [2.24, 2.45) is 23.2 Å². The van der Waals surface area contributed by atoms with Gasteiger partial charge in [-0.2, -0.15) is 0 Å². The van der Waals surface area contributed by atoms with Crippen molar-refractivity contribution < 1.29 is 0 Å². The minimum Gasteiger partial charge on any atom is -0.312 e. The van der Waals surface area contributed by atoms with Crippen molar-refractivity contribution >= 4 is 11.3 Å². The summed E-state index contributed by atoms with van der Waals surface area (Å²) in [5.41, 5.74) is 2.16. The second kappa shape index (κ2) is 4.84. The summed E-state index contributed by atoms with van der Waals surface area (Å²) < 4.78 is 0. The molecule has 1 aromatic heterocycles. The number of aryl methyl sites for hydroxylation is 1. The van der Waals surface area contributed by atoms with Crippen LogP contribution in [0.2, 0.25) is 0 Å². The molecule has 1 nitrogen and oxygen atoms in total. The van der Waals surface area contributed by atoms with E-state index < -0.39 is 0 Å². The number of hydrogen-bond acceptors (Lipinski definition) is 2. The Morgan fingerprint density at radius 3 is 2.25 bits per heavy atom. The topological polar surface area (TPSA) is 12.0 Å². The highest BCUT2D eigenvalue weighted by Crippen LogP contribution is 2.62. The maximum atomic E-state index is 3.63. The Hall–Kier alpha value is -0.340. The predicted molar refractivity (Wildman–Crippen MR) is 86.1 cm³/mol. The van der Waals surface area contributed by atoms with Gasteiger partial charge in [-0.05, 0) is 99.1 Å². The Balaban J connectivity index is 1.57. The highest BCUT2D eigenvalue weighted by Gasteiger charge is 2.51. The van der Waals surface area contributed by atoms with Crippen molar-refractivity contribution in [3.63, 3.8) is 0 Å². The molecule has 4 saturated carbocycles. The summed E-state index contributed by atoms with van der Waals surface area (Å²) in [6.07, 6.45) is 10.6. The van der Waals surface area contributed by atoms with E-state index in [1.165, 1.54) is 31.2 Å². The third-order valence-electron chi connectivity index (χ3n) is 6.37. The summed E-state index contributed by atoms with van der Waals surface area (Å²) in [5.74, 6) is 3.22. The summed E-state index contributed by atoms with van der Waals surface area (Å²) in [7, 11) is 2.16. The Labute approximate surface area is 127 Å². The van der Waals surface area contributed by atoms with E-state index in [0.717, 1.165) is 17.8 Å². The van der Waals surface area contributed by atoms with E-state index in [9.17, 15) is 0 Å². The predicted octanol–water partition coefficient (Wildman–Crippen LogP) is 4.92. The number of hydrogen-bond donors (Lipinski definition) is 1. The van der Waals surface area contributed by atoms with E-state index in [4.69, 9.17) is 0 Å². The Morgan fingerprint density at radius 2 is 1.80 bits per heavy atom. The zero-order valence-corrected chi connectivity index (χ0v) is 13.6. The standard InChI is InChI=1S/C18H27NS/c1-12-3-4-20-17(12)16(19-2)11-18-8-13-5-14(9-18)7-15(6-13)10-18/h3-4,13-16,19H,5-11H2,1-2H3. The van der Waals surface area contributed by atoms with Gasteiger partial charge in [0, 0.05) is 10.9 Å². The molecule has 0 radical (unpaired) electrons. The average Bonchev–Trinajstić information content (AvgIpc) is 2.80. The zero-order valence-electron chi connectivity index (χ0n) is 12.8. The fourth-order valence-corrected chi connectivity index (χ4v) is 7.08. The lowest BCUT2D eigenvalue weighted by atomic mass is 9.48. The van der Waals surface area contributed by atoms with Crippen molar-refractivity contribution in [3.05, 3.63) is 21.9 Å². The van der Waals surface area contributed by atoms with Crippen molar-refractivity contribution in [3.8, 4) is 0 Å². The maximum absolute atomic E-state index is 3.63. The summed E-state index contributed by atoms with van der Waals surface area (Å²) in [4.78, 5) is 1.59. The Morgan fingerprint density at radius 1 is 1.20 bits per heavy atom. The van der Waals surface area contributed by atoms with E-state index in [0.29, 0.717) is 11.5 Å². The SMILES string of the molecule is CNC(CC12CC3CC(CC(C3)C1)C2)c1sccc1C. The minimum atomic E-state index is 0.589. The average molecular weight is 289 g/mol. The third kappa shape index (κ3) is 2.16. The molecule has 4 aliphatic carbocycles. The molecule has 0 saturated heterocycles. The van der Waals surface area contributed by atoms with Gasteiger partial charge in [-0.1, -0.05) is 0 Å². The number of rotatable bonds is 4. The number of thiophene rings is 1. The fraction of sp³-hybridized carbons (Fsp3) is 0.778. The molecule has 0 aromatic carbocycles. The second-order valence-electron chi connectivity index (χ2n) is 7.93. The molecular formula is C18H27NS. The molecule has 1 atom stereocenters. The molecule has 1 N–H and O–H groups in total. The van der Waals surface area contributed by atoms with Crippen molar-refractivity contribution in [2.75, 3.05) is 7.05 Å². The molecule has 1 aromatic rings. The summed E-state index contributed by atoms with van der Waals surface area (Å²) in [6.45, 7) is 2.27. The molecule has 110 valence electrons. The third-order valence-corrected chi connectivity index (χ3v) is 7.50. The first-order chi connectivity index (χ1) is 9.67. The zero-order chi connectivity index (χ0) is 13.7. The van der Waals surface area contributed by atoms with Gasteiger partial charge in [-0.25, -0.2) is 0 Å². The minimum absolute atomic E-state index is 0.589. The van der Waals surface area contributed by atoms with E-state index >= 15 is 0 Å². The lowest BCUT2D eigenvalue weighted by molar-refractivity contribution is -0.0618. The number of nitrogens with one attached hydrogen (secondary N) is 1. The highest BCUT2D eigenvalue weighted by molar-refractivity contribution is 7.10. The first-order valence-corrected chi connectivity index (χ1v) is 9.27. The monoisotopic (exact) mass is 289 g/mol. The van der Waals surface area contributed by atoms with Crippen LogP contribution in [-0.4, -0.2) is 7.05 Å². The molecule has 20 heavy (non-hydrogen) atoms. The normalized spacial score (nSPS) is 40.2. The summed E-state index contributed by atoms with van der Waals surface area (Å²) in [6, 6.07) is 2.87. The quantitative estimate of drug-likeness (QED) is 0.829. The van der Waals surface area contributed by atoms with Crippen molar-refractivity contribution in [1.82, 2.24) is 5.32 Å². The van der Waals surface area contributed by atoms with E-state index in [-0.39, 0.29) is 0 Å². The van der Waals surface area contributed by atoms with Gasteiger partial charge in [0.05, 0.1) is 0 Å². The van der Waals surface area contributed by atoms with Crippen LogP contribution in [0, 0.1) is 30.1 Å². The Kier molecular flexibility index (Phi) is 3.23. The van der Waals surface area contributed by atoms with E-state index in [1.54, 1.807) is 24.1 Å². The van der Waals surface area contributed by atoms with Gasteiger partial charge >= 0.3 is 0 Å². The van der Waals surface area contributed by atoms with Crippen LogP contribution in [0.1, 0.15) is 61.4 Å². The Bertz CT molecular complexity index is 454. The lowest BCUT2D eigenvalue weighted by Gasteiger charge is -2.57. The molecular weight excluding hydrogens is 262 g/mol. The van der Waals surface area contributed by atoms with Crippen LogP contribution >= 0.6 is 11.3 Å². The van der Waals surface area contributed by atoms with Crippen LogP contribution in [0.5, 0.6) is 0 Å². The van der Waals surface area contributed by atoms with Gasteiger partial charge in [-0.15, -0.1) is 11.3 Å². The van der Waals surface area contributed by atoms with Gasteiger partial charge in [-0.3, -0.25) is 0 Å². The molecule has 0 aliphatic heterocycles. The summed E-state index contributed by atoms with van der Waals surface area (Å²) >= 11 is 1.95. The molecule has 1 heterocycles. The molecule has 4 bridgehead atoms. The van der Waals surface area contributed by atoms with Crippen LogP contribution < -0.4 is 5.32 Å². The first kappa shape index (κ1) is 13.3. The van der Waals surface area contributed by atoms with Gasteiger partial charge in [0.1, 0.15) is 0 Å². The van der Waals surface area contributed by atoms with Gasteiger partial charge in [0.2, 0.25) is 0 Å². The van der Waals surface area contributed by atoms with E-state index in [2.05, 4.69) is 30.7 Å². The van der Waals surface area contributed by atoms with Crippen LogP contribution in [-0.2, 0) is 0 Å². The molecule has 1 unspecified atom stereocenters. The van der Waals surface area contributed by atoms with Gasteiger partial charge < -0.3 is 5.32 Å². The molecule has 0 amide bonds. The first-order valence-electron chi connectivity index (χ1n) is 8.39. The van der Waals surface area contributed by atoms with Crippen LogP contribution in [0.15, 0.2) is 11.4 Å². The van der Waals surface area contributed by atoms with Crippen LogP contribution in [0.3, 0.4) is 0 Å². The van der Waals surface area contributed by atoms with Crippen LogP contribution in [0.4, 0.5) is 0 Å². The second-order valence-corrected chi connectivity index (χ2v) is 8.88. The molecule has 5 rings (SSSR count). The van der Waals surface area contributed by atoms with Crippen molar-refractivity contribution in [1.29, 1.82) is 0 Å². The van der Waals surface area contributed by atoms with Gasteiger partial charge in [0.15, 0.2) is 0 Å². The molecule has 4 aliphatic rings.